The highest BCUT2D eigenvalue weighted by Crippen LogP contribution is 2.54. The van der Waals surface area contributed by atoms with Crippen molar-refractivity contribution < 1.29 is 44.0 Å². The van der Waals surface area contributed by atoms with Crippen molar-refractivity contribution in [1.82, 2.24) is 0 Å². The minimum absolute atomic E-state index is 0.197. The first-order valence-electron chi connectivity index (χ1n) is 11.6. The number of hydrogen-bond acceptors (Lipinski definition) is 9. The second-order valence-corrected chi connectivity index (χ2v) is 9.54. The van der Waals surface area contributed by atoms with Gasteiger partial charge in [0.05, 0.1) is 24.7 Å². The number of aliphatic hydroxyl groups excluding tert-OH is 1. The monoisotopic (exact) mass is 505 g/mol. The van der Waals surface area contributed by atoms with Crippen LogP contribution in [0.1, 0.15) is 27.9 Å². The molecule has 0 bridgehead atoms. The Morgan fingerprint density at radius 2 is 1.76 bits per heavy atom. The molecule has 10 heteroatoms. The molecular weight excluding hydrogens is 482 g/mol. The number of methoxy groups -OCH3 is 1. The van der Waals surface area contributed by atoms with Gasteiger partial charge in [-0.15, -0.1) is 0 Å². The molecule has 3 aliphatic rings. The number of primary amides is 1. The average molecular weight is 505 g/mol. The third-order valence-electron chi connectivity index (χ3n) is 7.68. The molecule has 190 valence electrons. The van der Waals surface area contributed by atoms with E-state index in [9.17, 15) is 39.3 Å². The first-order chi connectivity index (χ1) is 17.5. The lowest BCUT2D eigenvalue weighted by Gasteiger charge is -2.51. The van der Waals surface area contributed by atoms with E-state index in [1.54, 1.807) is 36.4 Å². The van der Waals surface area contributed by atoms with Gasteiger partial charge in [-0.1, -0.05) is 30.3 Å². The van der Waals surface area contributed by atoms with Crippen LogP contribution in [0.4, 0.5) is 0 Å². The van der Waals surface area contributed by atoms with E-state index >= 15 is 0 Å². The number of nitrogens with two attached hydrogens (primary N) is 1. The van der Waals surface area contributed by atoms with Crippen molar-refractivity contribution >= 4 is 40.7 Å². The van der Waals surface area contributed by atoms with Crippen molar-refractivity contribution in [3.8, 4) is 11.5 Å². The summed E-state index contributed by atoms with van der Waals surface area (Å²) >= 11 is 0. The van der Waals surface area contributed by atoms with E-state index in [0.29, 0.717) is 16.9 Å². The summed E-state index contributed by atoms with van der Waals surface area (Å²) in [6, 6.07) is 11.1. The maximum Gasteiger partial charge on any atom is 0.235 e. The summed E-state index contributed by atoms with van der Waals surface area (Å²) in [6.45, 7) is 0. The maximum atomic E-state index is 13.8. The van der Waals surface area contributed by atoms with Gasteiger partial charge in [0.25, 0.3) is 0 Å². The number of hydrogen-bond donors (Lipinski definition) is 4. The molecule has 1 amide bonds. The molecule has 5 N–H and O–H groups in total. The van der Waals surface area contributed by atoms with Gasteiger partial charge in [0.15, 0.2) is 34.7 Å². The van der Waals surface area contributed by atoms with E-state index in [1.165, 1.54) is 19.2 Å². The Balaban J connectivity index is 1.73. The van der Waals surface area contributed by atoms with Crippen LogP contribution < -0.4 is 10.5 Å². The number of Topliss-reactive ketones (excluding diaryl/α,β-unsaturated/α-hetero) is 4. The standard InChI is InChI=1S/C27H23NO9/c1-37-12-7-5-11(6-8-12)9-14-13-3-2-4-16(29)18(13)23(32)21-19(14)22(31)15-10-17(30)20(26(28)35)24(33)27(15,36)25(21)34/h2-9,15,19-22,29,31,36H,10H2,1H3,(H2,28,35)/b14-9+. The van der Waals surface area contributed by atoms with Gasteiger partial charge in [-0.2, -0.15) is 0 Å². The zero-order valence-electron chi connectivity index (χ0n) is 19.6. The Kier molecular flexibility index (Phi) is 5.61. The number of ketones is 4. The summed E-state index contributed by atoms with van der Waals surface area (Å²) in [7, 11) is 1.50. The van der Waals surface area contributed by atoms with Gasteiger partial charge in [0, 0.05) is 18.3 Å². The molecule has 37 heavy (non-hydrogen) atoms. The number of carbonyl (C=O) groups excluding carboxylic acids is 5. The van der Waals surface area contributed by atoms with Gasteiger partial charge in [-0.25, -0.2) is 0 Å². The van der Waals surface area contributed by atoms with Gasteiger partial charge in [0.2, 0.25) is 5.91 Å². The molecule has 0 aliphatic heterocycles. The highest BCUT2D eigenvalue weighted by Gasteiger charge is 2.69. The molecule has 2 aromatic carbocycles. The number of fused-ring (bicyclic) bond motifs is 3. The summed E-state index contributed by atoms with van der Waals surface area (Å²) in [5.41, 5.74) is 3.21. The van der Waals surface area contributed by atoms with Crippen molar-refractivity contribution in [3.05, 3.63) is 59.2 Å². The fourth-order valence-corrected chi connectivity index (χ4v) is 5.91. The summed E-state index contributed by atoms with van der Waals surface area (Å²) < 4.78 is 5.17. The molecule has 5 rings (SSSR count). The maximum absolute atomic E-state index is 13.8. The molecule has 2 aromatic rings. The van der Waals surface area contributed by atoms with Gasteiger partial charge >= 0.3 is 0 Å². The summed E-state index contributed by atoms with van der Waals surface area (Å²) in [5.74, 6) is -12.3. The van der Waals surface area contributed by atoms with Crippen LogP contribution in [-0.2, 0) is 19.2 Å². The number of carbonyl (C=O) groups is 5. The Labute approximate surface area is 210 Å². The number of benzene rings is 2. The van der Waals surface area contributed by atoms with Crippen molar-refractivity contribution in [2.24, 2.45) is 29.4 Å². The van der Waals surface area contributed by atoms with Gasteiger partial charge in [0.1, 0.15) is 11.5 Å². The number of aromatic hydroxyl groups is 1. The lowest BCUT2D eigenvalue weighted by Crippen LogP contribution is -2.72. The fraction of sp³-hybridized carbons (Fsp3) is 0.296. The highest BCUT2D eigenvalue weighted by molar-refractivity contribution is 6.32. The minimum Gasteiger partial charge on any atom is -0.507 e. The summed E-state index contributed by atoms with van der Waals surface area (Å²) in [6.07, 6.45) is -0.733. The Morgan fingerprint density at radius 3 is 2.38 bits per heavy atom. The molecule has 10 nitrogen and oxygen atoms in total. The number of phenolic OH excluding ortho intramolecular Hbond substituents is 1. The molecular formula is C27H23NO9. The summed E-state index contributed by atoms with van der Waals surface area (Å²) in [4.78, 5) is 64.9. The second kappa shape index (κ2) is 8.46. The largest absolute Gasteiger partial charge is 0.507 e. The average Bonchev–Trinajstić information content (AvgIpc) is 2.86. The quantitative estimate of drug-likeness (QED) is 0.427. The predicted molar refractivity (Wildman–Crippen MR) is 127 cm³/mol. The molecule has 6 atom stereocenters. The zero-order valence-corrected chi connectivity index (χ0v) is 19.6. The van der Waals surface area contributed by atoms with E-state index in [-0.39, 0.29) is 11.1 Å². The number of aliphatic hydroxyl groups is 2. The van der Waals surface area contributed by atoms with Gasteiger partial charge < -0.3 is 25.8 Å². The smallest absolute Gasteiger partial charge is 0.235 e. The highest BCUT2D eigenvalue weighted by atomic mass is 16.5. The van der Waals surface area contributed by atoms with Crippen LogP contribution in [0.2, 0.25) is 0 Å². The molecule has 6 unspecified atom stereocenters. The Bertz CT molecular complexity index is 1410. The lowest BCUT2D eigenvalue weighted by molar-refractivity contribution is -0.185. The molecule has 2 fully saturated rings. The third kappa shape index (κ3) is 3.36. The van der Waals surface area contributed by atoms with Crippen LogP contribution in [0.3, 0.4) is 0 Å². The van der Waals surface area contributed by atoms with E-state index in [4.69, 9.17) is 10.5 Å². The van der Waals surface area contributed by atoms with Crippen LogP contribution in [0.5, 0.6) is 11.5 Å². The SMILES string of the molecule is COc1ccc(/C=C2\c3cccc(O)c3C(=O)C3C(=O)C4(O)C(=O)C(C(N)=O)C(=O)CC4C(O)C23)cc1. The number of ether oxygens (including phenoxy) is 1. The first kappa shape index (κ1) is 24.5. The Hall–Kier alpha value is -4.15. The van der Waals surface area contributed by atoms with E-state index in [0.717, 1.165) is 0 Å². The molecule has 3 aliphatic carbocycles. The second-order valence-electron chi connectivity index (χ2n) is 9.54. The van der Waals surface area contributed by atoms with Crippen LogP contribution >= 0.6 is 0 Å². The molecule has 0 heterocycles. The van der Waals surface area contributed by atoms with E-state index < -0.39 is 76.6 Å². The lowest BCUT2D eigenvalue weighted by atomic mass is 9.51. The van der Waals surface area contributed by atoms with Crippen molar-refractivity contribution in [1.29, 1.82) is 0 Å². The summed E-state index contributed by atoms with van der Waals surface area (Å²) in [5, 5.41) is 33.4. The van der Waals surface area contributed by atoms with Crippen molar-refractivity contribution in [2.75, 3.05) is 7.11 Å². The number of amides is 1. The number of rotatable bonds is 3. The molecule has 0 spiro atoms. The Morgan fingerprint density at radius 1 is 1.08 bits per heavy atom. The molecule has 0 aromatic heterocycles. The van der Waals surface area contributed by atoms with Crippen LogP contribution in [0.15, 0.2) is 42.5 Å². The molecule has 2 saturated carbocycles. The fourth-order valence-electron chi connectivity index (χ4n) is 5.91. The van der Waals surface area contributed by atoms with Crippen LogP contribution in [0.25, 0.3) is 11.6 Å². The van der Waals surface area contributed by atoms with Crippen LogP contribution in [0, 0.1) is 23.7 Å². The predicted octanol–water partition coefficient (Wildman–Crippen LogP) is 0.304. The first-order valence-corrected chi connectivity index (χ1v) is 11.6. The third-order valence-corrected chi connectivity index (χ3v) is 7.68. The molecule has 0 saturated heterocycles. The van der Waals surface area contributed by atoms with Crippen molar-refractivity contribution in [2.45, 2.75) is 18.1 Å². The normalized spacial score (nSPS) is 32.0. The van der Waals surface area contributed by atoms with Crippen molar-refractivity contribution in [3.63, 3.8) is 0 Å². The van der Waals surface area contributed by atoms with E-state index in [1.807, 2.05) is 0 Å². The van der Waals surface area contributed by atoms with Gasteiger partial charge in [-0.3, -0.25) is 24.0 Å². The zero-order chi connectivity index (χ0) is 26.8. The minimum atomic E-state index is -2.98. The molecule has 0 radical (unpaired) electrons. The van der Waals surface area contributed by atoms with E-state index in [2.05, 4.69) is 0 Å². The van der Waals surface area contributed by atoms with Crippen LogP contribution in [-0.4, -0.2) is 63.2 Å². The topological polar surface area (TPSA) is 181 Å². The number of phenols is 1. The van der Waals surface area contributed by atoms with Gasteiger partial charge in [-0.05, 0) is 34.9 Å².